The normalized spacial score (nSPS) is 11.1. The highest BCUT2D eigenvalue weighted by Gasteiger charge is 2.15. The van der Waals surface area contributed by atoms with Gasteiger partial charge in [0.1, 0.15) is 17.6 Å². The van der Waals surface area contributed by atoms with E-state index in [0.717, 1.165) is 23.0 Å². The Labute approximate surface area is 115 Å². The summed E-state index contributed by atoms with van der Waals surface area (Å²) in [5.41, 5.74) is 1.55. The average Bonchev–Trinajstić information content (AvgIpc) is 3.05. The lowest BCUT2D eigenvalue weighted by Crippen LogP contribution is -2.01. The minimum atomic E-state index is 0.111. The van der Waals surface area contributed by atoms with E-state index < -0.39 is 0 Å². The summed E-state index contributed by atoms with van der Waals surface area (Å²) in [5.74, 6) is 0.915. The molecule has 5 heteroatoms. The fourth-order valence-electron chi connectivity index (χ4n) is 2.12. The van der Waals surface area contributed by atoms with Crippen molar-refractivity contribution in [1.29, 1.82) is 0 Å². The van der Waals surface area contributed by atoms with Crippen LogP contribution in [0, 0.1) is 0 Å². The highest BCUT2D eigenvalue weighted by atomic mass is 16.5. The van der Waals surface area contributed by atoms with Gasteiger partial charge in [0, 0.05) is 11.8 Å². The Morgan fingerprint density at radius 1 is 1.30 bits per heavy atom. The molecule has 3 aromatic rings. The molecule has 3 rings (SSSR count). The van der Waals surface area contributed by atoms with Crippen molar-refractivity contribution < 1.29 is 13.7 Å². The number of para-hydroxylation sites is 1. The number of carbonyl (C=O) groups excluding carboxylic acids is 1. The molecule has 0 N–H and O–H groups in total. The number of benzene rings is 1. The molecule has 0 fully saturated rings. The minimum Gasteiger partial charge on any atom is -0.464 e. The van der Waals surface area contributed by atoms with Crippen molar-refractivity contribution in [3.8, 4) is 11.4 Å². The third-order valence-corrected chi connectivity index (χ3v) is 3.07. The van der Waals surface area contributed by atoms with Crippen molar-refractivity contribution in [3.05, 3.63) is 36.4 Å². The molecule has 0 spiro atoms. The van der Waals surface area contributed by atoms with Gasteiger partial charge in [-0.25, -0.2) is 0 Å². The molecule has 0 saturated carbocycles. The molecule has 5 nitrogen and oxygen atoms in total. The molecule has 0 saturated heterocycles. The van der Waals surface area contributed by atoms with Crippen LogP contribution in [0.1, 0.15) is 25.7 Å². The van der Waals surface area contributed by atoms with Crippen LogP contribution < -0.4 is 0 Å². The summed E-state index contributed by atoms with van der Waals surface area (Å²) in [6.07, 6.45) is 3.16. The van der Waals surface area contributed by atoms with Gasteiger partial charge >= 0.3 is 0 Å². The van der Waals surface area contributed by atoms with Crippen molar-refractivity contribution in [3.63, 3.8) is 0 Å². The summed E-state index contributed by atoms with van der Waals surface area (Å²) in [4.78, 5) is 15.8. The highest BCUT2D eigenvalue weighted by molar-refractivity contribution is 5.91. The van der Waals surface area contributed by atoms with Gasteiger partial charge < -0.3 is 8.94 Å². The Morgan fingerprint density at radius 3 is 3.00 bits per heavy atom. The van der Waals surface area contributed by atoms with Crippen LogP contribution in [0.2, 0.25) is 0 Å². The van der Waals surface area contributed by atoms with Crippen molar-refractivity contribution in [2.75, 3.05) is 0 Å². The van der Waals surface area contributed by atoms with Crippen LogP contribution >= 0.6 is 0 Å². The van der Waals surface area contributed by atoms with Gasteiger partial charge in [-0.3, -0.25) is 4.79 Å². The highest BCUT2D eigenvalue weighted by Crippen LogP contribution is 2.28. The van der Waals surface area contributed by atoms with E-state index >= 15 is 0 Å². The summed E-state index contributed by atoms with van der Waals surface area (Å²) in [7, 11) is 0. The molecule has 0 aliphatic carbocycles. The van der Waals surface area contributed by atoms with Gasteiger partial charge in [0.15, 0.2) is 0 Å². The van der Waals surface area contributed by atoms with E-state index in [2.05, 4.69) is 10.1 Å². The molecule has 20 heavy (non-hydrogen) atoms. The van der Waals surface area contributed by atoms with Gasteiger partial charge in [0.25, 0.3) is 0 Å². The van der Waals surface area contributed by atoms with Gasteiger partial charge in [0.05, 0.1) is 12.0 Å². The predicted molar refractivity (Wildman–Crippen MR) is 73.1 cm³/mol. The van der Waals surface area contributed by atoms with E-state index in [1.807, 2.05) is 31.2 Å². The van der Waals surface area contributed by atoms with Crippen LogP contribution in [0.15, 0.2) is 39.5 Å². The van der Waals surface area contributed by atoms with Gasteiger partial charge in [-0.15, -0.1) is 0 Å². The zero-order valence-electron chi connectivity index (χ0n) is 11.1. The number of furan rings is 1. The Bertz CT molecular complexity index is 742. The molecular weight excluding hydrogens is 256 g/mol. The first kappa shape index (κ1) is 12.6. The minimum absolute atomic E-state index is 0.111. The van der Waals surface area contributed by atoms with Gasteiger partial charge in [-0.05, 0) is 12.5 Å². The average molecular weight is 270 g/mol. The zero-order valence-corrected chi connectivity index (χ0v) is 11.1. The van der Waals surface area contributed by atoms with Crippen LogP contribution in [0.25, 0.3) is 22.4 Å². The Balaban J connectivity index is 1.88. The third-order valence-electron chi connectivity index (χ3n) is 3.07. The molecule has 0 unspecified atom stereocenters. The van der Waals surface area contributed by atoms with Crippen LogP contribution in [0.4, 0.5) is 0 Å². The summed E-state index contributed by atoms with van der Waals surface area (Å²) in [6, 6.07) is 7.64. The quantitative estimate of drug-likeness (QED) is 0.710. The van der Waals surface area contributed by atoms with Crippen LogP contribution in [0.5, 0.6) is 0 Å². The zero-order chi connectivity index (χ0) is 13.9. The summed E-state index contributed by atoms with van der Waals surface area (Å²) >= 11 is 0. The second-order valence-corrected chi connectivity index (χ2v) is 4.62. The summed E-state index contributed by atoms with van der Waals surface area (Å²) in [5, 5.41) is 4.85. The predicted octanol–water partition coefficient (Wildman–Crippen LogP) is 3.39. The van der Waals surface area contributed by atoms with Gasteiger partial charge in [0.2, 0.25) is 11.7 Å². The number of hydrogen-bond donors (Lipinski definition) is 0. The summed E-state index contributed by atoms with van der Waals surface area (Å²) < 4.78 is 10.6. The van der Waals surface area contributed by atoms with E-state index in [1.165, 1.54) is 0 Å². The molecule has 0 aliphatic heterocycles. The Kier molecular flexibility index (Phi) is 3.33. The fraction of sp³-hybridized carbons (Fsp3) is 0.267. The number of nitrogens with zero attached hydrogens (tertiary/aromatic N) is 2. The Hall–Kier alpha value is -2.43. The number of Topliss-reactive ketones (excluding diaryl/α,β-unsaturated/α-hetero) is 1. The van der Waals surface area contributed by atoms with E-state index in [9.17, 15) is 4.79 Å². The first-order valence-electron chi connectivity index (χ1n) is 6.59. The van der Waals surface area contributed by atoms with E-state index in [4.69, 9.17) is 8.94 Å². The number of aromatic nitrogens is 2. The maximum absolute atomic E-state index is 11.6. The summed E-state index contributed by atoms with van der Waals surface area (Å²) in [6.45, 7) is 1.97. The third kappa shape index (κ3) is 2.34. The van der Waals surface area contributed by atoms with Crippen molar-refractivity contribution in [2.45, 2.75) is 26.2 Å². The number of hydrogen-bond acceptors (Lipinski definition) is 5. The smallest absolute Gasteiger partial charge is 0.234 e. The number of ketones is 1. The van der Waals surface area contributed by atoms with Gasteiger partial charge in [-0.2, -0.15) is 4.98 Å². The molecule has 2 aromatic heterocycles. The standard InChI is InChI=1S/C15H14N2O3/c1-2-5-10(18)8-14-16-15(17-20-14)12-9-19-13-7-4-3-6-11(12)13/h3-4,6-7,9H,2,5,8H2,1H3. The largest absolute Gasteiger partial charge is 0.464 e. The van der Waals surface area contributed by atoms with Gasteiger partial charge in [-0.1, -0.05) is 30.3 Å². The molecule has 0 bridgehead atoms. The van der Waals surface area contributed by atoms with E-state index in [1.54, 1.807) is 6.26 Å². The van der Waals surface area contributed by atoms with Crippen LogP contribution in [-0.4, -0.2) is 15.9 Å². The lowest BCUT2D eigenvalue weighted by atomic mass is 10.1. The molecule has 0 atom stereocenters. The number of rotatable bonds is 5. The first-order chi connectivity index (χ1) is 9.78. The maximum atomic E-state index is 11.6. The molecule has 0 amide bonds. The molecule has 0 radical (unpaired) electrons. The molecule has 2 heterocycles. The second-order valence-electron chi connectivity index (χ2n) is 4.62. The van der Waals surface area contributed by atoms with E-state index in [0.29, 0.717) is 18.1 Å². The Morgan fingerprint density at radius 2 is 2.15 bits per heavy atom. The fourth-order valence-corrected chi connectivity index (χ4v) is 2.12. The second kappa shape index (κ2) is 5.28. The molecule has 0 aliphatic rings. The maximum Gasteiger partial charge on any atom is 0.234 e. The first-order valence-corrected chi connectivity index (χ1v) is 6.59. The monoisotopic (exact) mass is 270 g/mol. The lowest BCUT2D eigenvalue weighted by Gasteiger charge is -1.92. The lowest BCUT2D eigenvalue weighted by molar-refractivity contribution is -0.118. The SMILES string of the molecule is CCCC(=O)Cc1nc(-c2coc3ccccc23)no1. The van der Waals surface area contributed by atoms with Crippen LogP contribution in [0.3, 0.4) is 0 Å². The van der Waals surface area contributed by atoms with Crippen molar-refractivity contribution >= 4 is 16.8 Å². The molecule has 1 aromatic carbocycles. The van der Waals surface area contributed by atoms with Crippen molar-refractivity contribution in [1.82, 2.24) is 10.1 Å². The van der Waals surface area contributed by atoms with E-state index in [-0.39, 0.29) is 12.2 Å². The molecular formula is C15H14N2O3. The number of carbonyl (C=O) groups is 1. The molecule has 102 valence electrons. The van der Waals surface area contributed by atoms with Crippen LogP contribution in [-0.2, 0) is 11.2 Å². The van der Waals surface area contributed by atoms with Crippen molar-refractivity contribution in [2.24, 2.45) is 0 Å². The number of fused-ring (bicyclic) bond motifs is 1. The topological polar surface area (TPSA) is 69.1 Å².